The van der Waals surface area contributed by atoms with E-state index in [1.807, 2.05) is 24.1 Å². The lowest BCUT2D eigenvalue weighted by Gasteiger charge is -2.37. The van der Waals surface area contributed by atoms with Gasteiger partial charge in [-0.25, -0.2) is 4.39 Å². The predicted molar refractivity (Wildman–Crippen MR) is 96.9 cm³/mol. The van der Waals surface area contributed by atoms with Crippen molar-refractivity contribution in [3.8, 4) is 0 Å². The van der Waals surface area contributed by atoms with Gasteiger partial charge < -0.3 is 10.0 Å². The molecule has 1 aromatic heterocycles. The first-order chi connectivity index (χ1) is 12.5. The Hall–Kier alpha value is -2.31. The summed E-state index contributed by atoms with van der Waals surface area (Å²) >= 11 is 0. The van der Waals surface area contributed by atoms with E-state index in [1.54, 1.807) is 29.4 Å². The van der Waals surface area contributed by atoms with Gasteiger partial charge in [-0.05, 0) is 48.9 Å². The van der Waals surface area contributed by atoms with Crippen LogP contribution in [-0.2, 0) is 11.3 Å². The molecule has 6 heteroatoms. The molecule has 26 heavy (non-hydrogen) atoms. The number of rotatable bonds is 5. The number of benzene rings is 1. The molecule has 1 aliphatic rings. The van der Waals surface area contributed by atoms with Crippen LogP contribution in [-0.4, -0.2) is 58.6 Å². The van der Waals surface area contributed by atoms with Gasteiger partial charge in [0.15, 0.2) is 0 Å². The molecule has 2 atom stereocenters. The maximum Gasteiger partial charge on any atom is 0.236 e. The van der Waals surface area contributed by atoms with Gasteiger partial charge in [0.1, 0.15) is 5.82 Å². The average molecular weight is 357 g/mol. The molecule has 1 aromatic carbocycles. The van der Waals surface area contributed by atoms with Gasteiger partial charge in [0.05, 0.1) is 12.6 Å². The molecule has 0 bridgehead atoms. The lowest BCUT2D eigenvalue weighted by molar-refractivity contribution is -0.135. The molecule has 1 N–H and O–H groups in total. The smallest absolute Gasteiger partial charge is 0.236 e. The van der Waals surface area contributed by atoms with Crippen molar-refractivity contribution in [3.05, 3.63) is 65.7 Å². The Balaban J connectivity index is 1.53. The minimum absolute atomic E-state index is 0.0122. The van der Waals surface area contributed by atoms with Crippen LogP contribution in [0.25, 0.3) is 0 Å². The number of carbonyl (C=O) groups is 1. The first kappa shape index (κ1) is 18.5. The van der Waals surface area contributed by atoms with Crippen LogP contribution in [0.2, 0.25) is 0 Å². The molecule has 0 spiro atoms. The number of β-amino-alcohol motifs (C(OH)–C–C–N with tert-alkyl or cyclic N) is 1. The molecule has 0 radical (unpaired) electrons. The van der Waals surface area contributed by atoms with E-state index < -0.39 is 6.10 Å². The lowest BCUT2D eigenvalue weighted by atomic mass is 9.87. The standard InChI is InChI=1S/C20H24FN3O2/c1-23(12-15-6-9-22-10-7-15)14-20(26)24-11-8-18(19(25)13-24)16-2-4-17(21)5-3-16/h2-7,9-10,18-19,25H,8,11-14H2,1H3/t18-,19+/m0/s1. The van der Waals surface area contributed by atoms with Crippen molar-refractivity contribution in [2.24, 2.45) is 0 Å². The highest BCUT2D eigenvalue weighted by atomic mass is 19.1. The number of halogens is 1. The molecule has 5 nitrogen and oxygen atoms in total. The number of amides is 1. The van der Waals surface area contributed by atoms with E-state index in [9.17, 15) is 14.3 Å². The van der Waals surface area contributed by atoms with Crippen LogP contribution in [0.3, 0.4) is 0 Å². The van der Waals surface area contributed by atoms with Gasteiger partial charge in [-0.1, -0.05) is 12.1 Å². The molecule has 1 fully saturated rings. The Labute approximate surface area is 153 Å². The maximum atomic E-state index is 13.1. The summed E-state index contributed by atoms with van der Waals surface area (Å²) in [5.41, 5.74) is 2.02. The number of likely N-dealkylation sites (N-methyl/N-ethyl adjacent to an activating group) is 1. The number of carbonyl (C=O) groups excluding carboxylic acids is 1. The second-order valence-electron chi connectivity index (χ2n) is 6.88. The Morgan fingerprint density at radius 1 is 1.27 bits per heavy atom. The van der Waals surface area contributed by atoms with Gasteiger partial charge in [0.2, 0.25) is 5.91 Å². The van der Waals surface area contributed by atoms with E-state index in [0.29, 0.717) is 32.6 Å². The summed E-state index contributed by atoms with van der Waals surface area (Å²) in [7, 11) is 1.90. The van der Waals surface area contributed by atoms with E-state index in [4.69, 9.17) is 0 Å². The third-order valence-corrected chi connectivity index (χ3v) is 4.84. The SMILES string of the molecule is CN(CC(=O)N1CC[C@@H](c2ccc(F)cc2)[C@H](O)C1)Cc1ccncc1. The fourth-order valence-electron chi connectivity index (χ4n) is 3.44. The van der Waals surface area contributed by atoms with E-state index >= 15 is 0 Å². The number of nitrogens with zero attached hydrogens (tertiary/aromatic N) is 3. The molecule has 2 aromatic rings. The summed E-state index contributed by atoms with van der Waals surface area (Å²) in [5.74, 6) is -0.333. The topological polar surface area (TPSA) is 56.7 Å². The molecule has 3 rings (SSSR count). The Morgan fingerprint density at radius 2 is 1.96 bits per heavy atom. The van der Waals surface area contributed by atoms with Crippen LogP contribution in [0.15, 0.2) is 48.8 Å². The van der Waals surface area contributed by atoms with Gasteiger partial charge in [-0.2, -0.15) is 0 Å². The summed E-state index contributed by atoms with van der Waals surface area (Å²) in [6, 6.07) is 10.1. The van der Waals surface area contributed by atoms with E-state index in [0.717, 1.165) is 11.1 Å². The molecule has 1 amide bonds. The Bertz CT molecular complexity index is 724. The first-order valence-corrected chi connectivity index (χ1v) is 8.81. The number of aliphatic hydroxyl groups is 1. The van der Waals surface area contributed by atoms with Crippen molar-refractivity contribution in [2.75, 3.05) is 26.7 Å². The van der Waals surface area contributed by atoms with Gasteiger partial charge in [0, 0.05) is 37.9 Å². The third-order valence-electron chi connectivity index (χ3n) is 4.84. The second-order valence-corrected chi connectivity index (χ2v) is 6.88. The zero-order chi connectivity index (χ0) is 18.5. The largest absolute Gasteiger partial charge is 0.391 e. The lowest BCUT2D eigenvalue weighted by Crippen LogP contribution is -2.48. The van der Waals surface area contributed by atoms with Crippen LogP contribution in [0.1, 0.15) is 23.5 Å². The molecule has 0 aliphatic carbocycles. The van der Waals surface area contributed by atoms with Crippen molar-refractivity contribution in [1.82, 2.24) is 14.8 Å². The van der Waals surface area contributed by atoms with Crippen molar-refractivity contribution in [2.45, 2.75) is 25.0 Å². The second kappa shape index (κ2) is 8.38. The Kier molecular flexibility index (Phi) is 5.96. The zero-order valence-corrected chi connectivity index (χ0v) is 14.9. The fourth-order valence-corrected chi connectivity index (χ4v) is 3.44. The summed E-state index contributed by atoms with van der Waals surface area (Å²) in [6.07, 6.45) is 3.51. The van der Waals surface area contributed by atoms with Gasteiger partial charge >= 0.3 is 0 Å². The quantitative estimate of drug-likeness (QED) is 0.890. The van der Waals surface area contributed by atoms with Crippen molar-refractivity contribution in [1.29, 1.82) is 0 Å². The minimum atomic E-state index is -0.635. The predicted octanol–water partition coefficient (Wildman–Crippen LogP) is 2.03. The van der Waals surface area contributed by atoms with E-state index in [-0.39, 0.29) is 17.6 Å². The monoisotopic (exact) mass is 357 g/mol. The summed E-state index contributed by atoms with van der Waals surface area (Å²) in [5, 5.41) is 10.5. The van der Waals surface area contributed by atoms with Crippen LogP contribution >= 0.6 is 0 Å². The highest BCUT2D eigenvalue weighted by molar-refractivity contribution is 5.78. The van der Waals surface area contributed by atoms with Crippen molar-refractivity contribution in [3.63, 3.8) is 0 Å². The van der Waals surface area contributed by atoms with Gasteiger partial charge in [-0.3, -0.25) is 14.7 Å². The fraction of sp³-hybridized carbons (Fsp3) is 0.400. The summed E-state index contributed by atoms with van der Waals surface area (Å²) in [6.45, 7) is 1.88. The highest BCUT2D eigenvalue weighted by Gasteiger charge is 2.31. The number of pyridine rings is 1. The first-order valence-electron chi connectivity index (χ1n) is 8.81. The summed E-state index contributed by atoms with van der Waals surface area (Å²) < 4.78 is 13.1. The third kappa shape index (κ3) is 4.65. The number of hydrogen-bond acceptors (Lipinski definition) is 4. The molecule has 2 heterocycles. The molecule has 0 unspecified atom stereocenters. The Morgan fingerprint density at radius 3 is 2.62 bits per heavy atom. The van der Waals surface area contributed by atoms with Crippen LogP contribution in [0.4, 0.5) is 4.39 Å². The van der Waals surface area contributed by atoms with Crippen LogP contribution < -0.4 is 0 Å². The summed E-state index contributed by atoms with van der Waals surface area (Å²) in [4.78, 5) is 20.2. The van der Waals surface area contributed by atoms with Crippen LogP contribution in [0.5, 0.6) is 0 Å². The number of hydrogen-bond donors (Lipinski definition) is 1. The maximum absolute atomic E-state index is 13.1. The molecule has 1 saturated heterocycles. The zero-order valence-electron chi connectivity index (χ0n) is 14.9. The van der Waals surface area contributed by atoms with Crippen LogP contribution in [0, 0.1) is 5.82 Å². The molecule has 138 valence electrons. The van der Waals surface area contributed by atoms with Crippen molar-refractivity contribution < 1.29 is 14.3 Å². The van der Waals surface area contributed by atoms with Gasteiger partial charge in [0.25, 0.3) is 0 Å². The van der Waals surface area contributed by atoms with Crippen molar-refractivity contribution >= 4 is 5.91 Å². The number of piperidine rings is 1. The normalized spacial score (nSPS) is 20.4. The van der Waals surface area contributed by atoms with E-state index in [2.05, 4.69) is 4.98 Å². The van der Waals surface area contributed by atoms with E-state index in [1.165, 1.54) is 12.1 Å². The molecule has 0 saturated carbocycles. The minimum Gasteiger partial charge on any atom is -0.391 e. The molecular weight excluding hydrogens is 333 g/mol. The number of aliphatic hydroxyl groups excluding tert-OH is 1. The highest BCUT2D eigenvalue weighted by Crippen LogP contribution is 2.28. The number of likely N-dealkylation sites (tertiary alicyclic amines) is 1. The number of aromatic nitrogens is 1. The average Bonchev–Trinajstić information content (AvgIpc) is 2.63. The molecular formula is C20H24FN3O2. The molecule has 1 aliphatic heterocycles. The van der Waals surface area contributed by atoms with Gasteiger partial charge in [-0.15, -0.1) is 0 Å².